The lowest BCUT2D eigenvalue weighted by atomic mass is 9.29. The van der Waals surface area contributed by atoms with Gasteiger partial charge in [0.05, 0.1) is 0 Å². The van der Waals surface area contributed by atoms with Gasteiger partial charge in [-0.05, 0) is 165 Å². The number of anilines is 3. The molecule has 2 aliphatic rings. The van der Waals surface area contributed by atoms with E-state index in [1.54, 1.807) is 0 Å². The van der Waals surface area contributed by atoms with Crippen LogP contribution in [0.15, 0.2) is 48.5 Å². The van der Waals surface area contributed by atoms with Gasteiger partial charge in [-0.15, -0.1) is 0 Å². The van der Waals surface area contributed by atoms with Crippen LogP contribution in [-0.2, 0) is 10.8 Å². The van der Waals surface area contributed by atoms with Crippen LogP contribution < -0.4 is 37.7 Å². The molecule has 0 atom stereocenters. The van der Waals surface area contributed by atoms with Crippen LogP contribution in [0.2, 0.25) is 0 Å². The number of rotatable bonds is 2. The standard InChI is InChI=1S/C49H59B2N/c1-26-22-41-47-42(23-26)51(46-35(10)31(6)28(3)32(7)36(46)11)40-25-38(49(15,16)17)19-21-44(40)52(47)43-20-18-37(48(12,13)14)24-39(43)50(41)45-33(8)29(4)27(2)30(5)34(45)9/h18-25H,1-17H3. The SMILES string of the molecule is Cc1cc2c3c(c1)B(c1c(C)c(C)c(C)c(C)c1C)c1cc(C(C)(C)C)ccc1N3c1ccc(C(C)(C)C)cc1B2c1c(C)c(C)c(C)c(C)c1C. The Kier molecular flexibility index (Phi) is 8.42. The molecule has 0 aromatic heterocycles. The van der Waals surface area contributed by atoms with Crippen molar-refractivity contribution in [2.75, 3.05) is 4.90 Å². The van der Waals surface area contributed by atoms with Crippen LogP contribution in [0.4, 0.5) is 17.1 Å². The summed E-state index contributed by atoms with van der Waals surface area (Å²) >= 11 is 0. The number of hydrogen-bond donors (Lipinski definition) is 0. The van der Waals surface area contributed by atoms with E-state index < -0.39 is 0 Å². The van der Waals surface area contributed by atoms with E-state index in [1.165, 1.54) is 122 Å². The zero-order valence-electron chi connectivity index (χ0n) is 35.2. The first kappa shape index (κ1) is 36.4. The van der Waals surface area contributed by atoms with Gasteiger partial charge < -0.3 is 4.90 Å². The molecule has 3 heteroatoms. The fourth-order valence-electron chi connectivity index (χ4n) is 9.70. The summed E-state index contributed by atoms with van der Waals surface area (Å²) in [6.07, 6.45) is 0. The van der Waals surface area contributed by atoms with Crippen LogP contribution >= 0.6 is 0 Å². The van der Waals surface area contributed by atoms with Gasteiger partial charge in [-0.2, -0.15) is 0 Å². The lowest BCUT2D eigenvalue weighted by molar-refractivity contribution is 0.590. The first-order valence-electron chi connectivity index (χ1n) is 19.5. The fraction of sp³-hybridized carbons (Fsp3) is 0.388. The van der Waals surface area contributed by atoms with Crippen molar-refractivity contribution in [2.45, 2.75) is 129 Å². The van der Waals surface area contributed by atoms with Crippen molar-refractivity contribution in [3.63, 3.8) is 0 Å². The van der Waals surface area contributed by atoms with Gasteiger partial charge in [0.15, 0.2) is 0 Å². The van der Waals surface area contributed by atoms with Gasteiger partial charge in [0.1, 0.15) is 0 Å². The third-order valence-electron chi connectivity index (χ3n) is 13.7. The zero-order chi connectivity index (χ0) is 38.1. The van der Waals surface area contributed by atoms with Crippen molar-refractivity contribution in [3.05, 3.63) is 121 Å². The minimum Gasteiger partial charge on any atom is -0.313 e. The molecule has 1 nitrogen and oxygen atoms in total. The van der Waals surface area contributed by atoms with Crippen molar-refractivity contribution >= 4 is 63.3 Å². The second-order valence-corrected chi connectivity index (χ2v) is 18.6. The van der Waals surface area contributed by atoms with E-state index in [0.717, 1.165) is 0 Å². The lowest BCUT2D eigenvalue weighted by Crippen LogP contribution is -2.66. The van der Waals surface area contributed by atoms with Crippen molar-refractivity contribution in [3.8, 4) is 0 Å². The molecule has 0 saturated carbocycles. The normalized spacial score (nSPS) is 13.8. The lowest BCUT2D eigenvalue weighted by Gasteiger charge is -2.46. The molecule has 0 aliphatic carbocycles. The summed E-state index contributed by atoms with van der Waals surface area (Å²) in [5.74, 6) is 0. The second-order valence-electron chi connectivity index (χ2n) is 18.6. The van der Waals surface area contributed by atoms with Crippen LogP contribution in [0.3, 0.4) is 0 Å². The number of hydrogen-bond acceptors (Lipinski definition) is 1. The van der Waals surface area contributed by atoms with Gasteiger partial charge in [-0.1, -0.05) is 117 Å². The Labute approximate surface area is 316 Å². The molecule has 5 aromatic carbocycles. The highest BCUT2D eigenvalue weighted by Gasteiger charge is 2.46. The van der Waals surface area contributed by atoms with Gasteiger partial charge in [-0.25, -0.2) is 0 Å². The van der Waals surface area contributed by atoms with E-state index in [-0.39, 0.29) is 24.3 Å². The highest BCUT2D eigenvalue weighted by molar-refractivity contribution is 7.02. The summed E-state index contributed by atoms with van der Waals surface area (Å²) in [6.45, 7) is 40.1. The number of aryl methyl sites for hydroxylation is 1. The third kappa shape index (κ3) is 5.20. The smallest absolute Gasteiger partial charge is 0.247 e. The molecule has 2 aliphatic heterocycles. The maximum atomic E-state index is 2.66. The summed E-state index contributed by atoms with van der Waals surface area (Å²) in [5.41, 5.74) is 31.1. The van der Waals surface area contributed by atoms with Crippen LogP contribution in [0.25, 0.3) is 0 Å². The quantitative estimate of drug-likeness (QED) is 0.165. The minimum atomic E-state index is 0.0313. The molecule has 0 N–H and O–H groups in total. The van der Waals surface area contributed by atoms with Gasteiger partial charge in [0, 0.05) is 17.1 Å². The van der Waals surface area contributed by atoms with Gasteiger partial charge in [-0.3, -0.25) is 0 Å². The molecular weight excluding hydrogens is 624 g/mol. The van der Waals surface area contributed by atoms with E-state index in [0.29, 0.717) is 0 Å². The number of benzene rings is 5. The number of fused-ring (bicyclic) bond motifs is 4. The molecular formula is C49H59B2N. The van der Waals surface area contributed by atoms with Crippen molar-refractivity contribution < 1.29 is 0 Å². The Balaban J connectivity index is 1.69. The highest BCUT2D eigenvalue weighted by Crippen LogP contribution is 2.41. The largest absolute Gasteiger partial charge is 0.313 e. The average Bonchev–Trinajstić information content (AvgIpc) is 3.08. The molecule has 0 unspecified atom stereocenters. The predicted molar refractivity (Wildman–Crippen MR) is 233 cm³/mol. The fourth-order valence-corrected chi connectivity index (χ4v) is 9.70. The highest BCUT2D eigenvalue weighted by atomic mass is 15.2. The molecule has 52 heavy (non-hydrogen) atoms. The Morgan fingerprint density at radius 1 is 0.385 bits per heavy atom. The first-order chi connectivity index (χ1) is 24.2. The van der Waals surface area contributed by atoms with E-state index in [2.05, 4.69) is 171 Å². The summed E-state index contributed by atoms with van der Waals surface area (Å²) in [6, 6.07) is 19.9. The predicted octanol–water partition coefficient (Wildman–Crippen LogP) is 8.80. The van der Waals surface area contributed by atoms with Gasteiger partial charge >= 0.3 is 0 Å². The Morgan fingerprint density at radius 3 is 1.00 bits per heavy atom. The molecule has 0 fully saturated rings. The average molecular weight is 684 g/mol. The topological polar surface area (TPSA) is 3.24 Å². The summed E-state index contributed by atoms with van der Waals surface area (Å²) in [4.78, 5) is 2.66. The van der Waals surface area contributed by atoms with Gasteiger partial charge in [0.25, 0.3) is 0 Å². The molecule has 0 amide bonds. The summed E-state index contributed by atoms with van der Waals surface area (Å²) < 4.78 is 0. The van der Waals surface area contributed by atoms with E-state index in [9.17, 15) is 0 Å². The third-order valence-corrected chi connectivity index (χ3v) is 13.7. The summed E-state index contributed by atoms with van der Waals surface area (Å²) in [5, 5.41) is 0. The van der Waals surface area contributed by atoms with E-state index in [1.807, 2.05) is 0 Å². The Hall–Kier alpha value is -3.97. The van der Waals surface area contributed by atoms with Crippen molar-refractivity contribution in [1.29, 1.82) is 0 Å². The number of nitrogens with zero attached hydrogens (tertiary/aromatic N) is 1. The van der Waals surface area contributed by atoms with Crippen LogP contribution in [0.1, 0.15) is 114 Å². The molecule has 5 aromatic rings. The second kappa shape index (κ2) is 12.0. The first-order valence-corrected chi connectivity index (χ1v) is 19.5. The van der Waals surface area contributed by atoms with E-state index >= 15 is 0 Å². The monoisotopic (exact) mass is 683 g/mol. The maximum absolute atomic E-state index is 2.66. The Bertz CT molecular complexity index is 2120. The minimum absolute atomic E-state index is 0.0313. The molecule has 0 spiro atoms. The van der Waals surface area contributed by atoms with Crippen LogP contribution in [0, 0.1) is 76.2 Å². The maximum Gasteiger partial charge on any atom is 0.247 e. The van der Waals surface area contributed by atoms with Crippen molar-refractivity contribution in [2.24, 2.45) is 0 Å². The molecule has 0 bridgehead atoms. The molecule has 0 radical (unpaired) electrons. The van der Waals surface area contributed by atoms with E-state index in [4.69, 9.17) is 0 Å². The molecule has 2 heterocycles. The van der Waals surface area contributed by atoms with Crippen LogP contribution in [-0.4, -0.2) is 13.4 Å². The molecule has 7 rings (SSSR count). The van der Waals surface area contributed by atoms with Crippen LogP contribution in [0.5, 0.6) is 0 Å². The molecule has 0 saturated heterocycles. The molecule has 266 valence electrons. The Morgan fingerprint density at radius 2 is 0.692 bits per heavy atom. The summed E-state index contributed by atoms with van der Waals surface area (Å²) in [7, 11) is 0. The van der Waals surface area contributed by atoms with Gasteiger partial charge in [0.2, 0.25) is 13.4 Å². The van der Waals surface area contributed by atoms with Crippen molar-refractivity contribution in [1.82, 2.24) is 0 Å². The zero-order valence-corrected chi connectivity index (χ0v) is 35.2.